The van der Waals surface area contributed by atoms with Gasteiger partial charge in [0, 0.05) is 11.3 Å². The van der Waals surface area contributed by atoms with E-state index in [0.29, 0.717) is 22.8 Å². The fraction of sp³-hybridized carbons (Fsp3) is 0.231. The molecule has 32 heavy (non-hydrogen) atoms. The molecule has 0 bridgehead atoms. The smallest absolute Gasteiger partial charge is 0.300 e. The lowest BCUT2D eigenvalue weighted by atomic mass is 9.99. The van der Waals surface area contributed by atoms with Crippen LogP contribution in [0.5, 0.6) is 5.75 Å². The van der Waals surface area contributed by atoms with E-state index in [1.165, 1.54) is 11.2 Å². The lowest BCUT2D eigenvalue weighted by Gasteiger charge is -2.24. The molecule has 164 valence electrons. The summed E-state index contributed by atoms with van der Waals surface area (Å²) in [5.41, 5.74) is 2.98. The van der Waals surface area contributed by atoms with Gasteiger partial charge in [-0.15, -0.1) is 0 Å². The molecular weight excluding hydrogens is 406 g/mol. The van der Waals surface area contributed by atoms with Crippen LogP contribution in [0.1, 0.15) is 42.3 Å². The summed E-state index contributed by atoms with van der Waals surface area (Å²) in [5, 5.41) is 11.2. The summed E-state index contributed by atoms with van der Waals surface area (Å²) < 4.78 is 11.3. The maximum Gasteiger partial charge on any atom is 0.300 e. The Kier molecular flexibility index (Phi) is 5.61. The molecular formula is C26H25NO5. The molecule has 3 aromatic rings. The van der Waals surface area contributed by atoms with Gasteiger partial charge in [-0.05, 0) is 75.2 Å². The van der Waals surface area contributed by atoms with Crippen molar-refractivity contribution in [3.05, 3.63) is 88.9 Å². The number of amides is 1. The van der Waals surface area contributed by atoms with E-state index in [-0.39, 0.29) is 17.4 Å². The molecule has 6 heteroatoms. The number of carbonyl (C=O) groups excluding carboxylic acids is 2. The maximum absolute atomic E-state index is 13.1. The predicted molar refractivity (Wildman–Crippen MR) is 122 cm³/mol. The summed E-state index contributed by atoms with van der Waals surface area (Å²) in [6.07, 6.45) is 1.43. The number of carbonyl (C=O) groups is 2. The number of hydrogen-bond donors (Lipinski definition) is 1. The van der Waals surface area contributed by atoms with E-state index < -0.39 is 17.7 Å². The quantitative estimate of drug-likeness (QED) is 0.336. The Morgan fingerprint density at radius 1 is 1.03 bits per heavy atom. The van der Waals surface area contributed by atoms with Gasteiger partial charge in [0.1, 0.15) is 23.3 Å². The van der Waals surface area contributed by atoms with E-state index >= 15 is 0 Å². The molecule has 1 unspecified atom stereocenters. The van der Waals surface area contributed by atoms with Gasteiger partial charge in [-0.25, -0.2) is 0 Å². The van der Waals surface area contributed by atoms with Crippen molar-refractivity contribution in [1.82, 2.24) is 0 Å². The normalized spacial score (nSPS) is 17.9. The van der Waals surface area contributed by atoms with Gasteiger partial charge in [0.2, 0.25) is 0 Å². The predicted octanol–water partition coefficient (Wildman–Crippen LogP) is 5.31. The Hall–Kier alpha value is -3.80. The highest BCUT2D eigenvalue weighted by Crippen LogP contribution is 2.42. The molecule has 1 atom stereocenters. The molecule has 1 N–H and O–H groups in total. The Morgan fingerprint density at radius 2 is 1.81 bits per heavy atom. The highest BCUT2D eigenvalue weighted by molar-refractivity contribution is 6.51. The van der Waals surface area contributed by atoms with Crippen molar-refractivity contribution in [3.8, 4) is 5.75 Å². The first kappa shape index (κ1) is 21.4. The summed E-state index contributed by atoms with van der Waals surface area (Å²) >= 11 is 0. The summed E-state index contributed by atoms with van der Waals surface area (Å²) in [6, 6.07) is 14.9. The highest BCUT2D eigenvalue weighted by atomic mass is 16.5. The van der Waals surface area contributed by atoms with Crippen molar-refractivity contribution >= 4 is 23.1 Å². The van der Waals surface area contributed by atoms with Crippen LogP contribution in [0.25, 0.3) is 5.76 Å². The third-order valence-corrected chi connectivity index (χ3v) is 5.51. The lowest BCUT2D eigenvalue weighted by Crippen LogP contribution is -2.29. The van der Waals surface area contributed by atoms with Crippen molar-refractivity contribution in [2.45, 2.75) is 39.8 Å². The molecule has 2 heterocycles. The van der Waals surface area contributed by atoms with Crippen molar-refractivity contribution in [2.24, 2.45) is 0 Å². The van der Waals surface area contributed by atoms with Crippen molar-refractivity contribution < 1.29 is 23.8 Å². The summed E-state index contributed by atoms with van der Waals surface area (Å²) in [7, 11) is 0. The van der Waals surface area contributed by atoms with Gasteiger partial charge in [0.25, 0.3) is 11.7 Å². The second-order valence-corrected chi connectivity index (χ2v) is 8.15. The molecule has 1 aliphatic heterocycles. The SMILES string of the molecule is Cc1ccc(N2C(=O)C(=O)/C(=C(\O)c3cccc(OC(C)C)c3)C2c2ccco2)cc1C. The minimum atomic E-state index is -0.887. The number of aryl methyl sites for hydroxylation is 2. The van der Waals surface area contributed by atoms with E-state index in [4.69, 9.17) is 9.15 Å². The number of Topliss-reactive ketones (excluding diaryl/α,β-unsaturated/α-hetero) is 1. The van der Waals surface area contributed by atoms with Gasteiger partial charge < -0.3 is 14.3 Å². The molecule has 0 spiro atoms. The molecule has 4 rings (SSSR count). The Bertz CT molecular complexity index is 1210. The van der Waals surface area contributed by atoms with Gasteiger partial charge in [-0.3, -0.25) is 14.5 Å². The van der Waals surface area contributed by atoms with Crippen LogP contribution < -0.4 is 9.64 Å². The Balaban J connectivity index is 1.88. The molecule has 0 saturated carbocycles. The standard InChI is InChI=1S/C26H25NO5/c1-15(2)32-20-8-5-7-18(14-20)24(28)22-23(21-9-6-12-31-21)27(26(30)25(22)29)19-11-10-16(3)17(4)13-19/h5-15,23,28H,1-4H3/b24-22-. The van der Waals surface area contributed by atoms with Gasteiger partial charge in [-0.1, -0.05) is 18.2 Å². The molecule has 1 amide bonds. The molecule has 2 aromatic carbocycles. The number of furan rings is 1. The maximum atomic E-state index is 13.1. The van der Waals surface area contributed by atoms with E-state index in [0.717, 1.165) is 11.1 Å². The van der Waals surface area contributed by atoms with Crippen LogP contribution in [0.2, 0.25) is 0 Å². The van der Waals surface area contributed by atoms with Gasteiger partial charge in [0.05, 0.1) is 17.9 Å². The van der Waals surface area contributed by atoms with E-state index in [1.807, 2.05) is 39.8 Å². The van der Waals surface area contributed by atoms with Crippen LogP contribution in [0.4, 0.5) is 5.69 Å². The number of nitrogens with zero attached hydrogens (tertiary/aromatic N) is 1. The van der Waals surface area contributed by atoms with E-state index in [1.54, 1.807) is 42.5 Å². The minimum Gasteiger partial charge on any atom is -0.507 e. The molecule has 0 radical (unpaired) electrons. The average molecular weight is 431 g/mol. The van der Waals surface area contributed by atoms with Crippen LogP contribution in [-0.2, 0) is 9.59 Å². The Labute approximate surface area is 186 Å². The fourth-order valence-electron chi connectivity index (χ4n) is 3.83. The first-order chi connectivity index (χ1) is 15.3. The van der Waals surface area contributed by atoms with Crippen LogP contribution >= 0.6 is 0 Å². The van der Waals surface area contributed by atoms with Crippen molar-refractivity contribution in [2.75, 3.05) is 4.90 Å². The average Bonchev–Trinajstić information content (AvgIpc) is 3.37. The van der Waals surface area contributed by atoms with E-state index in [2.05, 4.69) is 0 Å². The van der Waals surface area contributed by atoms with Gasteiger partial charge in [-0.2, -0.15) is 0 Å². The number of benzene rings is 2. The summed E-state index contributed by atoms with van der Waals surface area (Å²) in [6.45, 7) is 7.72. The second-order valence-electron chi connectivity index (χ2n) is 8.15. The fourth-order valence-corrected chi connectivity index (χ4v) is 3.83. The summed E-state index contributed by atoms with van der Waals surface area (Å²) in [5.74, 6) is -0.811. The lowest BCUT2D eigenvalue weighted by molar-refractivity contribution is -0.132. The molecule has 1 saturated heterocycles. The largest absolute Gasteiger partial charge is 0.507 e. The Morgan fingerprint density at radius 3 is 2.47 bits per heavy atom. The zero-order valence-electron chi connectivity index (χ0n) is 18.5. The molecule has 1 aliphatic rings. The van der Waals surface area contributed by atoms with Crippen LogP contribution in [0.3, 0.4) is 0 Å². The van der Waals surface area contributed by atoms with Gasteiger partial charge in [0.15, 0.2) is 0 Å². The first-order valence-electron chi connectivity index (χ1n) is 10.5. The third kappa shape index (κ3) is 3.80. The molecule has 0 aliphatic carbocycles. The number of aliphatic hydroxyl groups is 1. The topological polar surface area (TPSA) is 80.0 Å². The number of ketones is 1. The monoisotopic (exact) mass is 431 g/mol. The number of anilines is 1. The van der Waals surface area contributed by atoms with Crippen LogP contribution in [-0.4, -0.2) is 22.9 Å². The zero-order chi connectivity index (χ0) is 23.0. The van der Waals surface area contributed by atoms with Crippen LogP contribution in [0, 0.1) is 13.8 Å². The molecule has 1 fully saturated rings. The van der Waals surface area contributed by atoms with E-state index in [9.17, 15) is 14.7 Å². The molecule has 1 aromatic heterocycles. The van der Waals surface area contributed by atoms with Gasteiger partial charge >= 0.3 is 0 Å². The van der Waals surface area contributed by atoms with Crippen molar-refractivity contribution in [1.29, 1.82) is 0 Å². The number of hydrogen-bond acceptors (Lipinski definition) is 5. The third-order valence-electron chi connectivity index (χ3n) is 5.51. The minimum absolute atomic E-state index is 0.0233. The number of ether oxygens (including phenoxy) is 1. The second kappa shape index (κ2) is 8.38. The summed E-state index contributed by atoms with van der Waals surface area (Å²) in [4.78, 5) is 27.7. The molecule has 6 nitrogen and oxygen atoms in total. The number of aliphatic hydroxyl groups excluding tert-OH is 1. The zero-order valence-corrected chi connectivity index (χ0v) is 18.5. The van der Waals surface area contributed by atoms with Crippen LogP contribution in [0.15, 0.2) is 70.9 Å². The van der Waals surface area contributed by atoms with Crippen molar-refractivity contribution in [3.63, 3.8) is 0 Å². The highest BCUT2D eigenvalue weighted by Gasteiger charge is 2.48. The first-order valence-corrected chi connectivity index (χ1v) is 10.5. The number of rotatable bonds is 5.